The maximum Gasteiger partial charge on any atom is 0.237 e. The molecule has 138 valence electrons. The molecular weight excluding hydrogens is 372 g/mol. The SMILES string of the molecule is COc1ccc(NC(=O)CS[C@H](C)C(=O)Nc2cc(Cl)ccc2C)cc1. The van der Waals surface area contributed by atoms with Crippen LogP contribution in [0.25, 0.3) is 0 Å². The zero-order chi connectivity index (χ0) is 19.1. The van der Waals surface area contributed by atoms with E-state index < -0.39 is 0 Å². The van der Waals surface area contributed by atoms with Gasteiger partial charge >= 0.3 is 0 Å². The number of nitrogens with one attached hydrogen (secondary N) is 2. The van der Waals surface area contributed by atoms with Crippen molar-refractivity contribution in [2.45, 2.75) is 19.1 Å². The highest BCUT2D eigenvalue weighted by Crippen LogP contribution is 2.22. The summed E-state index contributed by atoms with van der Waals surface area (Å²) in [6, 6.07) is 12.4. The second-order valence-corrected chi connectivity index (χ2v) is 7.44. The van der Waals surface area contributed by atoms with E-state index in [1.165, 1.54) is 11.8 Å². The number of thioether (sulfide) groups is 1. The third-order valence-corrected chi connectivity index (χ3v) is 5.04. The van der Waals surface area contributed by atoms with Crippen LogP contribution in [0.1, 0.15) is 12.5 Å². The summed E-state index contributed by atoms with van der Waals surface area (Å²) in [6.07, 6.45) is 0. The van der Waals surface area contributed by atoms with Gasteiger partial charge in [-0.3, -0.25) is 9.59 Å². The molecule has 2 aromatic rings. The minimum Gasteiger partial charge on any atom is -0.497 e. The summed E-state index contributed by atoms with van der Waals surface area (Å²) < 4.78 is 5.07. The van der Waals surface area contributed by atoms with Crippen LogP contribution in [-0.2, 0) is 9.59 Å². The van der Waals surface area contributed by atoms with Gasteiger partial charge in [-0.25, -0.2) is 0 Å². The van der Waals surface area contributed by atoms with Crippen LogP contribution in [0.3, 0.4) is 0 Å². The van der Waals surface area contributed by atoms with Crippen molar-refractivity contribution in [1.29, 1.82) is 0 Å². The highest BCUT2D eigenvalue weighted by molar-refractivity contribution is 8.01. The van der Waals surface area contributed by atoms with Gasteiger partial charge in [-0.15, -0.1) is 11.8 Å². The number of halogens is 1. The molecule has 0 spiro atoms. The van der Waals surface area contributed by atoms with Gasteiger partial charge < -0.3 is 15.4 Å². The van der Waals surface area contributed by atoms with Gasteiger partial charge in [0.05, 0.1) is 18.1 Å². The monoisotopic (exact) mass is 392 g/mol. The van der Waals surface area contributed by atoms with E-state index in [0.717, 1.165) is 11.3 Å². The summed E-state index contributed by atoms with van der Waals surface area (Å²) in [4.78, 5) is 24.3. The summed E-state index contributed by atoms with van der Waals surface area (Å²) >= 11 is 7.23. The molecule has 0 saturated carbocycles. The molecule has 0 saturated heterocycles. The normalized spacial score (nSPS) is 11.5. The van der Waals surface area contributed by atoms with E-state index in [4.69, 9.17) is 16.3 Å². The molecule has 0 heterocycles. The Morgan fingerprint density at radius 1 is 1.15 bits per heavy atom. The second kappa shape index (κ2) is 9.50. The van der Waals surface area contributed by atoms with Crippen molar-refractivity contribution in [3.05, 3.63) is 53.1 Å². The Kier molecular flexibility index (Phi) is 7.36. The van der Waals surface area contributed by atoms with Crippen molar-refractivity contribution >= 4 is 46.6 Å². The van der Waals surface area contributed by atoms with E-state index in [1.807, 2.05) is 13.0 Å². The molecule has 26 heavy (non-hydrogen) atoms. The van der Waals surface area contributed by atoms with Crippen molar-refractivity contribution < 1.29 is 14.3 Å². The van der Waals surface area contributed by atoms with Crippen LogP contribution >= 0.6 is 23.4 Å². The van der Waals surface area contributed by atoms with Gasteiger partial charge in [0.15, 0.2) is 0 Å². The minimum absolute atomic E-state index is 0.168. The number of anilines is 2. The molecule has 0 fully saturated rings. The first-order valence-corrected chi connectivity index (χ1v) is 9.44. The third-order valence-electron chi connectivity index (χ3n) is 3.66. The van der Waals surface area contributed by atoms with Crippen molar-refractivity contribution in [3.63, 3.8) is 0 Å². The molecule has 0 aliphatic carbocycles. The lowest BCUT2D eigenvalue weighted by Crippen LogP contribution is -2.25. The van der Waals surface area contributed by atoms with Crippen LogP contribution in [0.2, 0.25) is 5.02 Å². The van der Waals surface area contributed by atoms with E-state index in [9.17, 15) is 9.59 Å². The number of ether oxygens (including phenoxy) is 1. The number of carbonyl (C=O) groups is 2. The molecule has 0 aliphatic heterocycles. The number of aryl methyl sites for hydroxylation is 1. The van der Waals surface area contributed by atoms with Gasteiger partial charge in [0.25, 0.3) is 0 Å². The number of amides is 2. The summed E-state index contributed by atoms with van der Waals surface area (Å²) in [7, 11) is 1.58. The van der Waals surface area contributed by atoms with Crippen LogP contribution < -0.4 is 15.4 Å². The molecular formula is C19H21ClN2O3S. The van der Waals surface area contributed by atoms with E-state index in [0.29, 0.717) is 16.4 Å². The summed E-state index contributed by atoms with van der Waals surface area (Å²) in [6.45, 7) is 3.66. The Hall–Kier alpha value is -2.18. The van der Waals surface area contributed by atoms with E-state index in [-0.39, 0.29) is 22.8 Å². The predicted molar refractivity (Wildman–Crippen MR) is 108 cm³/mol. The average molecular weight is 393 g/mol. The highest BCUT2D eigenvalue weighted by atomic mass is 35.5. The molecule has 2 rings (SSSR count). The molecule has 0 bridgehead atoms. The maximum absolute atomic E-state index is 12.3. The number of rotatable bonds is 7. The Morgan fingerprint density at radius 3 is 2.50 bits per heavy atom. The molecule has 0 aliphatic rings. The Balaban J connectivity index is 1.82. The largest absolute Gasteiger partial charge is 0.497 e. The van der Waals surface area contributed by atoms with Crippen molar-refractivity contribution in [2.75, 3.05) is 23.5 Å². The van der Waals surface area contributed by atoms with Crippen LogP contribution in [0.5, 0.6) is 5.75 Å². The quantitative estimate of drug-likeness (QED) is 0.734. The zero-order valence-corrected chi connectivity index (χ0v) is 16.4. The number of carbonyl (C=O) groups excluding carboxylic acids is 2. The molecule has 2 aromatic carbocycles. The smallest absolute Gasteiger partial charge is 0.237 e. The predicted octanol–water partition coefficient (Wildman–Crippen LogP) is 4.36. The highest BCUT2D eigenvalue weighted by Gasteiger charge is 2.16. The van der Waals surface area contributed by atoms with Crippen LogP contribution in [0.15, 0.2) is 42.5 Å². The molecule has 2 amide bonds. The molecule has 2 N–H and O–H groups in total. The second-order valence-electron chi connectivity index (χ2n) is 5.68. The van der Waals surface area contributed by atoms with Gasteiger partial charge in [-0.05, 0) is 55.8 Å². The lowest BCUT2D eigenvalue weighted by atomic mass is 10.2. The lowest BCUT2D eigenvalue weighted by molar-refractivity contribution is -0.115. The fourth-order valence-electron chi connectivity index (χ4n) is 2.11. The molecule has 0 radical (unpaired) electrons. The van der Waals surface area contributed by atoms with Gasteiger partial charge in [0.1, 0.15) is 5.75 Å². The molecule has 5 nitrogen and oxygen atoms in total. The summed E-state index contributed by atoms with van der Waals surface area (Å²) in [5.41, 5.74) is 2.29. The summed E-state index contributed by atoms with van der Waals surface area (Å²) in [5, 5.41) is 5.82. The molecule has 1 atom stereocenters. The molecule has 0 aromatic heterocycles. The van der Waals surface area contributed by atoms with Crippen LogP contribution in [0.4, 0.5) is 11.4 Å². The lowest BCUT2D eigenvalue weighted by Gasteiger charge is -2.14. The van der Waals surface area contributed by atoms with Crippen molar-refractivity contribution in [3.8, 4) is 5.75 Å². The number of hydrogen-bond donors (Lipinski definition) is 2. The summed E-state index contributed by atoms with van der Waals surface area (Å²) in [5.74, 6) is 0.560. The minimum atomic E-state index is -0.380. The third kappa shape index (κ3) is 5.97. The number of benzene rings is 2. The Labute approximate surface area is 162 Å². The first-order chi connectivity index (χ1) is 12.4. The van der Waals surface area contributed by atoms with E-state index in [2.05, 4.69) is 10.6 Å². The van der Waals surface area contributed by atoms with Gasteiger partial charge in [0.2, 0.25) is 11.8 Å². The Morgan fingerprint density at radius 2 is 1.85 bits per heavy atom. The standard InChI is InChI=1S/C19H21ClN2O3S/c1-12-4-5-14(20)10-17(12)22-19(24)13(2)26-11-18(23)21-15-6-8-16(25-3)9-7-15/h4-10,13H,11H2,1-3H3,(H,21,23)(H,22,24)/t13-/m1/s1. The van der Waals surface area contributed by atoms with E-state index >= 15 is 0 Å². The van der Waals surface area contributed by atoms with Crippen LogP contribution in [-0.4, -0.2) is 29.9 Å². The van der Waals surface area contributed by atoms with Gasteiger partial charge in [-0.2, -0.15) is 0 Å². The average Bonchev–Trinajstić information content (AvgIpc) is 2.63. The van der Waals surface area contributed by atoms with Crippen molar-refractivity contribution in [2.24, 2.45) is 0 Å². The Bertz CT molecular complexity index is 781. The molecule has 0 unspecified atom stereocenters. The first kappa shape index (κ1) is 20.1. The first-order valence-electron chi connectivity index (χ1n) is 8.01. The maximum atomic E-state index is 12.3. The number of methoxy groups -OCH3 is 1. The fraction of sp³-hybridized carbons (Fsp3) is 0.263. The van der Waals surface area contributed by atoms with Gasteiger partial charge in [-0.1, -0.05) is 17.7 Å². The van der Waals surface area contributed by atoms with Crippen LogP contribution in [0, 0.1) is 6.92 Å². The van der Waals surface area contributed by atoms with Crippen molar-refractivity contribution in [1.82, 2.24) is 0 Å². The number of hydrogen-bond acceptors (Lipinski definition) is 4. The molecule has 7 heteroatoms. The topological polar surface area (TPSA) is 67.4 Å². The van der Waals surface area contributed by atoms with E-state index in [1.54, 1.807) is 50.4 Å². The fourth-order valence-corrected chi connectivity index (χ4v) is 2.97. The zero-order valence-electron chi connectivity index (χ0n) is 14.8. The van der Waals surface area contributed by atoms with Gasteiger partial charge in [0, 0.05) is 16.4 Å².